The quantitative estimate of drug-likeness (QED) is 0.652. The summed E-state index contributed by atoms with van der Waals surface area (Å²) in [5.74, 6) is -0.0872. The van der Waals surface area contributed by atoms with Crippen LogP contribution < -0.4 is 0 Å². The normalized spacial score (nSPS) is 28.4. The number of alkyl halides is 1. The highest BCUT2D eigenvalue weighted by molar-refractivity contribution is 7.91. The molecule has 2 saturated heterocycles. The lowest BCUT2D eigenvalue weighted by Gasteiger charge is -2.42. The van der Waals surface area contributed by atoms with E-state index < -0.39 is 9.84 Å². The van der Waals surface area contributed by atoms with E-state index >= 15 is 0 Å². The molecular formula is C11H20ClN3O3S. The molecule has 1 atom stereocenters. The summed E-state index contributed by atoms with van der Waals surface area (Å²) in [6.45, 7) is 3.20. The Bertz CT molecular complexity index is 434. The molecule has 1 amide bonds. The molecule has 2 fully saturated rings. The van der Waals surface area contributed by atoms with E-state index in [9.17, 15) is 13.2 Å². The van der Waals surface area contributed by atoms with Gasteiger partial charge < -0.3 is 4.90 Å². The first-order valence-electron chi connectivity index (χ1n) is 6.45. The van der Waals surface area contributed by atoms with Crippen molar-refractivity contribution in [3.63, 3.8) is 0 Å². The van der Waals surface area contributed by atoms with Crippen LogP contribution in [0.5, 0.6) is 0 Å². The van der Waals surface area contributed by atoms with Gasteiger partial charge in [0.15, 0.2) is 9.84 Å². The largest absolute Gasteiger partial charge is 0.304 e. The van der Waals surface area contributed by atoms with Gasteiger partial charge in [-0.15, -0.1) is 11.6 Å². The molecule has 2 aliphatic heterocycles. The second-order valence-corrected chi connectivity index (χ2v) is 7.68. The molecule has 110 valence electrons. The molecule has 2 heterocycles. The highest BCUT2D eigenvalue weighted by atomic mass is 35.5. The molecule has 0 bridgehead atoms. The Morgan fingerprint density at radius 3 is 2.42 bits per heavy atom. The minimum absolute atomic E-state index is 0.0575. The number of rotatable bonds is 3. The zero-order chi connectivity index (χ0) is 14.0. The van der Waals surface area contributed by atoms with Gasteiger partial charge in [0, 0.05) is 26.2 Å². The second-order valence-electron chi connectivity index (χ2n) is 5.19. The number of sulfone groups is 1. The van der Waals surface area contributed by atoms with E-state index in [1.807, 2.05) is 12.1 Å². The smallest absolute Gasteiger partial charge is 0.252 e. The summed E-state index contributed by atoms with van der Waals surface area (Å²) < 4.78 is 23.2. The number of carbonyl (C=O) groups is 1. The lowest BCUT2D eigenvalue weighted by molar-refractivity contribution is -0.155. The molecule has 0 unspecified atom stereocenters. The van der Waals surface area contributed by atoms with Gasteiger partial charge in [0.25, 0.3) is 5.91 Å². The Balaban J connectivity index is 2.10. The standard InChI is InChI=1S/C11H20ClN3O3S/c1-13-3-5-14(6-4-13)15(11(16)8-12)10-2-7-19(17,18)9-10/h10H,2-9H2,1H3/t10-/m1/s1. The van der Waals surface area contributed by atoms with Crippen LogP contribution in [0, 0.1) is 0 Å². The molecule has 2 rings (SSSR count). The summed E-state index contributed by atoms with van der Waals surface area (Å²) in [5, 5.41) is 3.56. The highest BCUT2D eigenvalue weighted by Gasteiger charge is 2.37. The zero-order valence-corrected chi connectivity index (χ0v) is 12.7. The molecule has 0 N–H and O–H groups in total. The summed E-state index contributed by atoms with van der Waals surface area (Å²) in [4.78, 5) is 14.2. The maximum absolute atomic E-state index is 12.0. The number of hydrogen-bond acceptors (Lipinski definition) is 5. The number of likely N-dealkylation sites (N-methyl/N-ethyl adjacent to an activating group) is 1. The van der Waals surface area contributed by atoms with Crippen molar-refractivity contribution >= 4 is 27.3 Å². The van der Waals surface area contributed by atoms with E-state index in [4.69, 9.17) is 11.6 Å². The highest BCUT2D eigenvalue weighted by Crippen LogP contribution is 2.21. The van der Waals surface area contributed by atoms with Crippen LogP contribution in [0.4, 0.5) is 0 Å². The van der Waals surface area contributed by atoms with E-state index in [1.54, 1.807) is 5.01 Å². The van der Waals surface area contributed by atoms with Gasteiger partial charge in [0.2, 0.25) is 0 Å². The van der Waals surface area contributed by atoms with Gasteiger partial charge >= 0.3 is 0 Å². The first-order valence-corrected chi connectivity index (χ1v) is 8.80. The third-order valence-corrected chi connectivity index (χ3v) is 5.69. The van der Waals surface area contributed by atoms with Crippen LogP contribution in [0.15, 0.2) is 0 Å². The van der Waals surface area contributed by atoms with Crippen molar-refractivity contribution in [3.05, 3.63) is 0 Å². The zero-order valence-electron chi connectivity index (χ0n) is 11.1. The van der Waals surface area contributed by atoms with Gasteiger partial charge in [0.05, 0.1) is 17.5 Å². The number of amides is 1. The summed E-state index contributed by atoms with van der Waals surface area (Å²) >= 11 is 5.67. The van der Waals surface area contributed by atoms with Crippen LogP contribution in [-0.2, 0) is 14.6 Å². The van der Waals surface area contributed by atoms with Gasteiger partial charge in [-0.25, -0.2) is 13.4 Å². The first kappa shape index (κ1) is 15.0. The second kappa shape index (κ2) is 5.95. The van der Waals surface area contributed by atoms with Crippen molar-refractivity contribution in [2.24, 2.45) is 0 Å². The van der Waals surface area contributed by atoms with Crippen LogP contribution >= 0.6 is 11.6 Å². The van der Waals surface area contributed by atoms with E-state index in [2.05, 4.69) is 4.90 Å². The Morgan fingerprint density at radius 2 is 1.95 bits per heavy atom. The minimum Gasteiger partial charge on any atom is -0.304 e. The average molecular weight is 310 g/mol. The molecule has 0 radical (unpaired) electrons. The molecule has 0 aromatic carbocycles. The monoisotopic (exact) mass is 309 g/mol. The third-order valence-electron chi connectivity index (χ3n) is 3.71. The number of piperazine rings is 1. The van der Waals surface area contributed by atoms with Gasteiger partial charge in [-0.05, 0) is 13.5 Å². The van der Waals surface area contributed by atoms with E-state index in [-0.39, 0.29) is 29.3 Å². The molecule has 0 aromatic heterocycles. The molecule has 0 aromatic rings. The number of hydrazine groups is 1. The number of hydrogen-bond donors (Lipinski definition) is 0. The number of halogens is 1. The van der Waals surface area contributed by atoms with Gasteiger partial charge in [0.1, 0.15) is 5.88 Å². The van der Waals surface area contributed by atoms with E-state index in [1.165, 1.54) is 0 Å². The van der Waals surface area contributed by atoms with Crippen LogP contribution in [-0.4, -0.2) is 85.9 Å². The van der Waals surface area contributed by atoms with Gasteiger partial charge in [-0.1, -0.05) is 0 Å². The fraction of sp³-hybridized carbons (Fsp3) is 0.909. The topological polar surface area (TPSA) is 60.9 Å². The maximum atomic E-state index is 12.0. The molecule has 0 saturated carbocycles. The van der Waals surface area contributed by atoms with Crippen molar-refractivity contribution in [2.45, 2.75) is 12.5 Å². The lowest BCUT2D eigenvalue weighted by atomic mass is 10.2. The third kappa shape index (κ3) is 3.59. The molecule has 0 spiro atoms. The fourth-order valence-corrected chi connectivity index (χ4v) is 4.45. The SMILES string of the molecule is CN1CCN(N(C(=O)CCl)[C@@H]2CCS(=O)(=O)C2)CC1. The minimum atomic E-state index is -3.01. The number of carbonyl (C=O) groups excluding carboxylic acids is 1. The summed E-state index contributed by atoms with van der Waals surface area (Å²) in [5.41, 5.74) is 0. The molecular weight excluding hydrogens is 290 g/mol. The van der Waals surface area contributed by atoms with Gasteiger partial charge in [-0.2, -0.15) is 0 Å². The van der Waals surface area contributed by atoms with Crippen molar-refractivity contribution in [2.75, 3.05) is 50.6 Å². The van der Waals surface area contributed by atoms with Crippen LogP contribution in [0.3, 0.4) is 0 Å². The lowest BCUT2D eigenvalue weighted by Crippen LogP contribution is -2.58. The Kier molecular flexibility index (Phi) is 4.70. The molecule has 19 heavy (non-hydrogen) atoms. The van der Waals surface area contributed by atoms with Crippen molar-refractivity contribution in [1.29, 1.82) is 0 Å². The molecule has 0 aliphatic carbocycles. The maximum Gasteiger partial charge on any atom is 0.252 e. The van der Waals surface area contributed by atoms with Crippen molar-refractivity contribution in [3.8, 4) is 0 Å². The first-order chi connectivity index (χ1) is 8.93. The summed E-state index contributed by atoms with van der Waals surface area (Å²) in [7, 11) is -0.973. The molecule has 2 aliphatic rings. The predicted octanol–water partition coefficient (Wildman–Crippen LogP) is -0.597. The summed E-state index contributed by atoms with van der Waals surface area (Å²) in [6, 6.07) is -0.250. The van der Waals surface area contributed by atoms with Crippen molar-refractivity contribution < 1.29 is 13.2 Å². The Labute approximate surface area is 119 Å². The fourth-order valence-electron chi connectivity index (χ4n) is 2.63. The number of nitrogens with zero attached hydrogens (tertiary/aromatic N) is 3. The van der Waals surface area contributed by atoms with Crippen LogP contribution in [0.2, 0.25) is 0 Å². The Morgan fingerprint density at radius 1 is 1.32 bits per heavy atom. The Hall–Kier alpha value is -0.370. The van der Waals surface area contributed by atoms with Crippen LogP contribution in [0.1, 0.15) is 6.42 Å². The summed E-state index contributed by atoms with van der Waals surface area (Å²) in [6.07, 6.45) is 0.511. The van der Waals surface area contributed by atoms with Gasteiger partial charge in [-0.3, -0.25) is 9.80 Å². The van der Waals surface area contributed by atoms with E-state index in [0.29, 0.717) is 6.42 Å². The van der Waals surface area contributed by atoms with Crippen molar-refractivity contribution in [1.82, 2.24) is 14.9 Å². The average Bonchev–Trinajstić information content (AvgIpc) is 2.72. The molecule has 8 heteroatoms. The predicted molar refractivity (Wildman–Crippen MR) is 73.7 cm³/mol. The van der Waals surface area contributed by atoms with E-state index in [0.717, 1.165) is 26.2 Å². The van der Waals surface area contributed by atoms with Crippen LogP contribution in [0.25, 0.3) is 0 Å². The molecule has 6 nitrogen and oxygen atoms in total.